The van der Waals surface area contributed by atoms with Crippen molar-refractivity contribution in [2.24, 2.45) is 5.92 Å². The normalized spacial score (nSPS) is 26.4. The van der Waals surface area contributed by atoms with E-state index < -0.39 is 6.17 Å². The van der Waals surface area contributed by atoms with Crippen LogP contribution in [0.1, 0.15) is 54.5 Å². The van der Waals surface area contributed by atoms with Crippen molar-refractivity contribution in [3.05, 3.63) is 47.5 Å². The van der Waals surface area contributed by atoms with Crippen LogP contribution in [0.3, 0.4) is 0 Å². The molecule has 1 fully saturated rings. The highest BCUT2D eigenvalue weighted by Gasteiger charge is 2.38. The standard InChI is InChI=1S/C15H15BFN3/c16-13(10-6-7-10)14-18-15-11(17)8-12(20(15)19-14)9-4-2-1-3-5-9/h1-5,10-13H,6-8H2/t11-,12-,13?/m0/s1. The molecule has 1 unspecified atom stereocenters. The zero-order chi connectivity index (χ0) is 13.7. The quantitative estimate of drug-likeness (QED) is 0.800. The molecule has 0 bridgehead atoms. The van der Waals surface area contributed by atoms with Crippen LogP contribution in [0.2, 0.25) is 0 Å². The second-order valence-corrected chi connectivity index (χ2v) is 5.77. The molecule has 3 atom stereocenters. The van der Waals surface area contributed by atoms with Crippen molar-refractivity contribution in [3.8, 4) is 0 Å². The van der Waals surface area contributed by atoms with Crippen LogP contribution in [0, 0.1) is 5.92 Å². The Morgan fingerprint density at radius 3 is 2.70 bits per heavy atom. The molecule has 0 N–H and O–H groups in total. The van der Waals surface area contributed by atoms with E-state index >= 15 is 0 Å². The molecule has 2 radical (unpaired) electrons. The molecule has 2 aromatic rings. The molecular formula is C15H15BFN3. The van der Waals surface area contributed by atoms with Crippen molar-refractivity contribution < 1.29 is 4.39 Å². The average molecular weight is 267 g/mol. The summed E-state index contributed by atoms with van der Waals surface area (Å²) in [4.78, 5) is 4.36. The SMILES string of the molecule is [B]C(c1nc2n(n1)[C@H](c1ccccc1)C[C@@H]2F)C1CC1. The Labute approximate surface area is 118 Å². The number of fused-ring (bicyclic) bond motifs is 1. The van der Waals surface area contributed by atoms with Crippen molar-refractivity contribution in [2.75, 3.05) is 0 Å². The highest BCUT2D eigenvalue weighted by molar-refractivity contribution is 6.12. The molecule has 1 aromatic heterocycles. The van der Waals surface area contributed by atoms with Gasteiger partial charge in [-0.1, -0.05) is 43.2 Å². The van der Waals surface area contributed by atoms with Crippen molar-refractivity contribution >= 4 is 7.85 Å². The zero-order valence-corrected chi connectivity index (χ0v) is 11.1. The van der Waals surface area contributed by atoms with E-state index in [1.165, 1.54) is 0 Å². The largest absolute Gasteiger partial charge is 0.239 e. The lowest BCUT2D eigenvalue weighted by molar-refractivity contribution is 0.327. The molecule has 3 nitrogen and oxygen atoms in total. The summed E-state index contributed by atoms with van der Waals surface area (Å²) in [5.74, 6) is 1.37. The van der Waals surface area contributed by atoms with Gasteiger partial charge in [-0.05, 0) is 17.3 Å². The summed E-state index contributed by atoms with van der Waals surface area (Å²) >= 11 is 0. The highest BCUT2D eigenvalue weighted by atomic mass is 19.1. The second-order valence-electron chi connectivity index (χ2n) is 5.77. The maximum atomic E-state index is 14.2. The summed E-state index contributed by atoms with van der Waals surface area (Å²) in [6, 6.07) is 9.85. The van der Waals surface area contributed by atoms with Gasteiger partial charge >= 0.3 is 0 Å². The Morgan fingerprint density at radius 2 is 2.00 bits per heavy atom. The monoisotopic (exact) mass is 267 g/mol. The Kier molecular flexibility index (Phi) is 2.69. The fourth-order valence-electron chi connectivity index (χ4n) is 2.96. The van der Waals surface area contributed by atoms with Gasteiger partial charge < -0.3 is 0 Å². The molecule has 2 aliphatic rings. The van der Waals surface area contributed by atoms with E-state index in [0.717, 1.165) is 18.4 Å². The molecule has 20 heavy (non-hydrogen) atoms. The van der Waals surface area contributed by atoms with Gasteiger partial charge in [0.15, 0.2) is 12.0 Å². The molecule has 1 aromatic carbocycles. The lowest BCUT2D eigenvalue weighted by Crippen LogP contribution is -2.10. The number of alkyl halides is 1. The van der Waals surface area contributed by atoms with Gasteiger partial charge in [0.25, 0.3) is 0 Å². The average Bonchev–Trinajstić information content (AvgIpc) is 3.15. The van der Waals surface area contributed by atoms with E-state index in [1.54, 1.807) is 4.68 Å². The van der Waals surface area contributed by atoms with E-state index in [0.29, 0.717) is 24.0 Å². The summed E-state index contributed by atoms with van der Waals surface area (Å²) in [7, 11) is 6.13. The third-order valence-electron chi connectivity index (χ3n) is 4.29. The number of nitrogens with zero attached hydrogens (tertiary/aromatic N) is 3. The van der Waals surface area contributed by atoms with E-state index in [4.69, 9.17) is 7.85 Å². The van der Waals surface area contributed by atoms with E-state index in [-0.39, 0.29) is 11.9 Å². The summed E-state index contributed by atoms with van der Waals surface area (Å²) < 4.78 is 15.9. The van der Waals surface area contributed by atoms with Gasteiger partial charge in [0.1, 0.15) is 5.82 Å². The van der Waals surface area contributed by atoms with Gasteiger partial charge in [-0.2, -0.15) is 5.10 Å². The van der Waals surface area contributed by atoms with Crippen molar-refractivity contribution in [2.45, 2.75) is 37.3 Å². The molecule has 1 aliphatic heterocycles. The second kappa shape index (κ2) is 4.43. The van der Waals surface area contributed by atoms with E-state index in [9.17, 15) is 4.39 Å². The van der Waals surface area contributed by atoms with Gasteiger partial charge in [-0.3, -0.25) is 0 Å². The first kappa shape index (κ1) is 12.1. The topological polar surface area (TPSA) is 30.7 Å². The van der Waals surface area contributed by atoms with Gasteiger partial charge in [-0.25, -0.2) is 14.1 Å². The van der Waals surface area contributed by atoms with Crippen LogP contribution >= 0.6 is 0 Å². The molecule has 1 aliphatic carbocycles. The first-order valence-corrected chi connectivity index (χ1v) is 7.15. The summed E-state index contributed by atoms with van der Waals surface area (Å²) in [5.41, 5.74) is 1.07. The van der Waals surface area contributed by atoms with Gasteiger partial charge in [0.05, 0.1) is 13.9 Å². The lowest BCUT2D eigenvalue weighted by atomic mass is 9.82. The minimum absolute atomic E-state index is 0.0612. The number of hydrogen-bond donors (Lipinski definition) is 0. The molecule has 1 saturated carbocycles. The van der Waals surface area contributed by atoms with Gasteiger partial charge in [0.2, 0.25) is 0 Å². The van der Waals surface area contributed by atoms with E-state index in [2.05, 4.69) is 10.1 Å². The molecule has 5 heteroatoms. The number of aromatic nitrogens is 3. The van der Waals surface area contributed by atoms with Crippen LogP contribution in [-0.2, 0) is 0 Å². The molecule has 0 saturated heterocycles. The lowest BCUT2D eigenvalue weighted by Gasteiger charge is -2.12. The predicted molar refractivity (Wildman–Crippen MR) is 74.3 cm³/mol. The number of benzene rings is 1. The van der Waals surface area contributed by atoms with Crippen LogP contribution in [0.4, 0.5) is 4.39 Å². The third kappa shape index (κ3) is 1.87. The minimum Gasteiger partial charge on any atom is -0.239 e. The fraction of sp³-hybridized carbons (Fsp3) is 0.467. The maximum absolute atomic E-state index is 14.2. The van der Waals surface area contributed by atoms with Gasteiger partial charge in [0, 0.05) is 6.42 Å². The Morgan fingerprint density at radius 1 is 1.25 bits per heavy atom. The van der Waals surface area contributed by atoms with Crippen LogP contribution in [-0.4, -0.2) is 22.6 Å². The molecule has 0 spiro atoms. The fourth-order valence-corrected chi connectivity index (χ4v) is 2.96. The van der Waals surface area contributed by atoms with Crippen molar-refractivity contribution in [1.82, 2.24) is 14.8 Å². The molecule has 2 heterocycles. The van der Waals surface area contributed by atoms with Crippen LogP contribution < -0.4 is 0 Å². The molecule has 4 rings (SSSR count). The zero-order valence-electron chi connectivity index (χ0n) is 11.1. The Hall–Kier alpha value is -1.65. The van der Waals surface area contributed by atoms with E-state index in [1.807, 2.05) is 30.3 Å². The number of halogens is 1. The first-order chi connectivity index (χ1) is 9.74. The smallest absolute Gasteiger partial charge is 0.162 e. The predicted octanol–water partition coefficient (Wildman–Crippen LogP) is 2.90. The summed E-state index contributed by atoms with van der Waals surface area (Å²) in [5, 5.41) is 4.50. The Balaban J connectivity index is 1.71. The maximum Gasteiger partial charge on any atom is 0.162 e. The van der Waals surface area contributed by atoms with Gasteiger partial charge in [-0.15, -0.1) is 0 Å². The summed E-state index contributed by atoms with van der Waals surface area (Å²) in [6.45, 7) is 0. The van der Waals surface area contributed by atoms with Crippen LogP contribution in [0.25, 0.3) is 0 Å². The number of hydrogen-bond acceptors (Lipinski definition) is 2. The summed E-state index contributed by atoms with van der Waals surface area (Å²) in [6.07, 6.45) is 1.63. The molecule has 0 amide bonds. The number of rotatable bonds is 3. The van der Waals surface area contributed by atoms with Crippen LogP contribution in [0.15, 0.2) is 30.3 Å². The van der Waals surface area contributed by atoms with Crippen LogP contribution in [0.5, 0.6) is 0 Å². The first-order valence-electron chi connectivity index (χ1n) is 7.15. The minimum atomic E-state index is -1.05. The van der Waals surface area contributed by atoms with Crippen molar-refractivity contribution in [3.63, 3.8) is 0 Å². The Bertz CT molecular complexity index is 623. The molecular weight excluding hydrogens is 252 g/mol. The van der Waals surface area contributed by atoms with Crippen molar-refractivity contribution in [1.29, 1.82) is 0 Å². The highest BCUT2D eigenvalue weighted by Crippen LogP contribution is 2.43. The molecule has 100 valence electrons. The third-order valence-corrected chi connectivity index (χ3v) is 4.29.